The average Bonchev–Trinajstić information content (AvgIpc) is 2.22. The van der Waals surface area contributed by atoms with E-state index < -0.39 is 0 Å². The van der Waals surface area contributed by atoms with E-state index in [0.29, 0.717) is 0 Å². The number of halogens is 2. The third-order valence-electron chi connectivity index (χ3n) is 2.10. The highest BCUT2D eigenvalue weighted by atomic mass is 127. The normalized spacial score (nSPS) is 10.1. The minimum atomic E-state index is 0.782. The van der Waals surface area contributed by atoms with Crippen LogP contribution < -0.4 is 11.1 Å². The first-order valence-electron chi connectivity index (χ1n) is 4.73. The highest BCUT2D eigenvalue weighted by Crippen LogP contribution is 2.25. The van der Waals surface area contributed by atoms with Crippen LogP contribution in [0.15, 0.2) is 46.9 Å². The Hall–Kier alpha value is -0.750. The van der Waals surface area contributed by atoms with Crippen LogP contribution in [-0.4, -0.2) is 0 Å². The molecule has 16 heavy (non-hydrogen) atoms. The molecule has 0 spiro atoms. The number of hydrogen-bond acceptors (Lipinski definition) is 2. The molecule has 0 aliphatic heterocycles. The van der Waals surface area contributed by atoms with E-state index in [9.17, 15) is 0 Å². The summed E-state index contributed by atoms with van der Waals surface area (Å²) >= 11 is 5.71. The summed E-state index contributed by atoms with van der Waals surface area (Å²) in [4.78, 5) is 0. The lowest BCUT2D eigenvalue weighted by Gasteiger charge is -2.09. The van der Waals surface area contributed by atoms with E-state index in [-0.39, 0.29) is 0 Å². The lowest BCUT2D eigenvalue weighted by atomic mass is 10.2. The van der Waals surface area contributed by atoms with Crippen molar-refractivity contribution < 1.29 is 0 Å². The molecule has 0 aliphatic rings. The molecule has 0 radical (unpaired) electrons. The van der Waals surface area contributed by atoms with Gasteiger partial charge in [-0.2, -0.15) is 0 Å². The SMILES string of the molecule is Nc1ccc(Nc2cccc(Br)c2)c(I)c1. The maximum atomic E-state index is 5.70. The molecule has 82 valence electrons. The number of anilines is 3. The Morgan fingerprint density at radius 2 is 1.94 bits per heavy atom. The van der Waals surface area contributed by atoms with E-state index in [4.69, 9.17) is 5.73 Å². The zero-order valence-electron chi connectivity index (χ0n) is 8.37. The lowest BCUT2D eigenvalue weighted by molar-refractivity contribution is 1.51. The maximum Gasteiger partial charge on any atom is 0.0521 e. The first-order valence-corrected chi connectivity index (χ1v) is 6.60. The summed E-state index contributed by atoms with van der Waals surface area (Å²) in [5, 5.41) is 3.35. The Morgan fingerprint density at radius 3 is 2.62 bits per heavy atom. The van der Waals surface area contributed by atoms with Crippen molar-refractivity contribution in [3.8, 4) is 0 Å². The first-order chi connectivity index (χ1) is 7.65. The van der Waals surface area contributed by atoms with E-state index in [1.165, 1.54) is 0 Å². The third kappa shape index (κ3) is 2.89. The van der Waals surface area contributed by atoms with Crippen LogP contribution in [0.1, 0.15) is 0 Å². The number of nitrogens with one attached hydrogen (secondary N) is 1. The highest BCUT2D eigenvalue weighted by molar-refractivity contribution is 14.1. The average molecular weight is 389 g/mol. The fraction of sp³-hybridized carbons (Fsp3) is 0. The molecule has 2 nitrogen and oxygen atoms in total. The zero-order chi connectivity index (χ0) is 11.5. The van der Waals surface area contributed by atoms with E-state index >= 15 is 0 Å². The quantitative estimate of drug-likeness (QED) is 0.591. The largest absolute Gasteiger partial charge is 0.399 e. The number of benzene rings is 2. The summed E-state index contributed by atoms with van der Waals surface area (Å²) in [5.41, 5.74) is 8.60. The molecule has 0 amide bonds. The second-order valence-electron chi connectivity index (χ2n) is 3.37. The Labute approximate surface area is 117 Å². The Bertz CT molecular complexity index is 514. The molecule has 0 unspecified atom stereocenters. The van der Waals surface area contributed by atoms with E-state index in [0.717, 1.165) is 25.1 Å². The van der Waals surface area contributed by atoms with Crippen molar-refractivity contribution in [1.29, 1.82) is 0 Å². The van der Waals surface area contributed by atoms with Crippen LogP contribution in [0, 0.1) is 3.57 Å². The highest BCUT2D eigenvalue weighted by Gasteiger charge is 2.00. The summed E-state index contributed by atoms with van der Waals surface area (Å²) in [5.74, 6) is 0. The van der Waals surface area contributed by atoms with Gasteiger partial charge in [0, 0.05) is 19.4 Å². The van der Waals surface area contributed by atoms with Crippen LogP contribution >= 0.6 is 38.5 Å². The van der Waals surface area contributed by atoms with Crippen molar-refractivity contribution >= 4 is 55.6 Å². The van der Waals surface area contributed by atoms with Gasteiger partial charge in [-0.3, -0.25) is 0 Å². The van der Waals surface area contributed by atoms with Crippen molar-refractivity contribution in [2.24, 2.45) is 0 Å². The fourth-order valence-corrected chi connectivity index (χ4v) is 2.43. The Kier molecular flexibility index (Phi) is 3.70. The summed E-state index contributed by atoms with van der Waals surface area (Å²) in [6.45, 7) is 0. The second-order valence-corrected chi connectivity index (χ2v) is 5.45. The molecular weight excluding hydrogens is 379 g/mol. The lowest BCUT2D eigenvalue weighted by Crippen LogP contribution is -1.94. The minimum absolute atomic E-state index is 0.782. The number of nitrogens with two attached hydrogens (primary N) is 1. The van der Waals surface area contributed by atoms with Crippen molar-refractivity contribution in [3.63, 3.8) is 0 Å². The number of hydrogen-bond donors (Lipinski definition) is 2. The zero-order valence-corrected chi connectivity index (χ0v) is 12.1. The van der Waals surface area contributed by atoms with Gasteiger partial charge in [-0.25, -0.2) is 0 Å². The maximum absolute atomic E-state index is 5.70. The summed E-state index contributed by atoms with van der Waals surface area (Å²) in [7, 11) is 0. The molecule has 0 saturated carbocycles. The van der Waals surface area contributed by atoms with Crippen LogP contribution in [0.5, 0.6) is 0 Å². The van der Waals surface area contributed by atoms with Gasteiger partial charge in [0.15, 0.2) is 0 Å². The van der Waals surface area contributed by atoms with Crippen LogP contribution in [0.2, 0.25) is 0 Å². The third-order valence-corrected chi connectivity index (χ3v) is 3.48. The molecule has 2 rings (SSSR count). The smallest absolute Gasteiger partial charge is 0.0521 e. The predicted molar refractivity (Wildman–Crippen MR) is 81.0 cm³/mol. The van der Waals surface area contributed by atoms with Gasteiger partial charge in [0.2, 0.25) is 0 Å². The Balaban J connectivity index is 2.27. The van der Waals surface area contributed by atoms with Crippen molar-refractivity contribution in [1.82, 2.24) is 0 Å². The van der Waals surface area contributed by atoms with Gasteiger partial charge in [-0.1, -0.05) is 22.0 Å². The van der Waals surface area contributed by atoms with Crippen LogP contribution in [0.4, 0.5) is 17.1 Å². The topological polar surface area (TPSA) is 38.0 Å². The molecule has 3 N–H and O–H groups in total. The number of rotatable bonds is 2. The standard InChI is InChI=1S/C12H10BrIN2/c13-8-2-1-3-10(6-8)16-12-5-4-9(15)7-11(12)14/h1-7,16H,15H2. The summed E-state index contributed by atoms with van der Waals surface area (Å²) < 4.78 is 2.17. The van der Waals surface area contributed by atoms with Crippen LogP contribution in [0.25, 0.3) is 0 Å². The predicted octanol–water partition coefficient (Wildman–Crippen LogP) is 4.38. The monoisotopic (exact) mass is 388 g/mol. The van der Waals surface area contributed by atoms with E-state index in [1.54, 1.807) is 0 Å². The molecule has 0 saturated heterocycles. The van der Waals surface area contributed by atoms with Crippen molar-refractivity contribution in [2.75, 3.05) is 11.1 Å². The van der Waals surface area contributed by atoms with Gasteiger partial charge < -0.3 is 11.1 Å². The van der Waals surface area contributed by atoms with Crippen LogP contribution in [0.3, 0.4) is 0 Å². The molecule has 0 aromatic heterocycles. The van der Waals surface area contributed by atoms with Gasteiger partial charge in [-0.15, -0.1) is 0 Å². The molecule has 0 heterocycles. The summed E-state index contributed by atoms with van der Waals surface area (Å²) in [6, 6.07) is 13.9. The van der Waals surface area contributed by atoms with E-state index in [1.807, 2.05) is 42.5 Å². The van der Waals surface area contributed by atoms with Gasteiger partial charge in [0.05, 0.1) is 5.69 Å². The van der Waals surface area contributed by atoms with Crippen molar-refractivity contribution in [3.05, 3.63) is 50.5 Å². The van der Waals surface area contributed by atoms with Crippen molar-refractivity contribution in [2.45, 2.75) is 0 Å². The molecule has 4 heteroatoms. The van der Waals surface area contributed by atoms with Crippen LogP contribution in [-0.2, 0) is 0 Å². The molecule has 2 aromatic rings. The van der Waals surface area contributed by atoms with Gasteiger partial charge >= 0.3 is 0 Å². The minimum Gasteiger partial charge on any atom is -0.399 e. The Morgan fingerprint density at radius 1 is 1.12 bits per heavy atom. The molecule has 0 aliphatic carbocycles. The molecule has 2 aromatic carbocycles. The number of nitrogen functional groups attached to an aromatic ring is 1. The first kappa shape index (κ1) is 11.7. The van der Waals surface area contributed by atoms with E-state index in [2.05, 4.69) is 43.8 Å². The second kappa shape index (κ2) is 5.05. The summed E-state index contributed by atoms with van der Waals surface area (Å²) in [6.07, 6.45) is 0. The molecule has 0 atom stereocenters. The fourth-order valence-electron chi connectivity index (χ4n) is 1.35. The molecule has 0 bridgehead atoms. The molecule has 0 fully saturated rings. The van der Waals surface area contributed by atoms with Gasteiger partial charge in [0.25, 0.3) is 0 Å². The molecular formula is C12H10BrIN2. The van der Waals surface area contributed by atoms with Gasteiger partial charge in [0.1, 0.15) is 0 Å². The van der Waals surface area contributed by atoms with Gasteiger partial charge in [-0.05, 0) is 59.0 Å².